The van der Waals surface area contributed by atoms with Crippen LogP contribution in [0, 0.1) is 6.92 Å². The van der Waals surface area contributed by atoms with E-state index < -0.39 is 11.5 Å². The minimum absolute atomic E-state index is 0.214. The highest BCUT2D eigenvalue weighted by atomic mass is 35.5. The Kier molecular flexibility index (Phi) is 5.13. The van der Waals surface area contributed by atoms with Crippen LogP contribution in [0.4, 0.5) is 0 Å². The number of benzene rings is 1. The van der Waals surface area contributed by atoms with Crippen molar-refractivity contribution in [3.8, 4) is 11.3 Å². The Labute approximate surface area is 155 Å². The lowest BCUT2D eigenvalue weighted by molar-refractivity contribution is 0.0692. The number of aromatic carboxylic acids is 1. The van der Waals surface area contributed by atoms with Crippen molar-refractivity contribution in [3.63, 3.8) is 0 Å². The summed E-state index contributed by atoms with van der Waals surface area (Å²) in [5.74, 6) is -0.765. The van der Waals surface area contributed by atoms with E-state index >= 15 is 0 Å². The lowest BCUT2D eigenvalue weighted by atomic mass is 10.2. The molecule has 0 amide bonds. The maximum absolute atomic E-state index is 12.7. The molecule has 0 aliphatic rings. The molecule has 7 heteroatoms. The van der Waals surface area contributed by atoms with Crippen molar-refractivity contribution in [2.45, 2.75) is 39.7 Å². The Morgan fingerprint density at radius 3 is 2.54 bits per heavy atom. The molecule has 3 rings (SSSR count). The van der Waals surface area contributed by atoms with Crippen LogP contribution in [0.15, 0.2) is 35.3 Å². The van der Waals surface area contributed by atoms with E-state index in [1.165, 1.54) is 4.40 Å². The monoisotopic (exact) mass is 373 g/mol. The van der Waals surface area contributed by atoms with Gasteiger partial charge in [0.2, 0.25) is 5.78 Å². The Hall–Kier alpha value is -2.60. The lowest BCUT2D eigenvalue weighted by Crippen LogP contribution is -2.28. The zero-order valence-electron chi connectivity index (χ0n) is 14.7. The number of nitrogens with zero attached hydrogens (tertiary/aromatic N) is 3. The van der Waals surface area contributed by atoms with E-state index in [1.54, 1.807) is 25.3 Å². The number of fused-ring (bicyclic) bond motifs is 1. The van der Waals surface area contributed by atoms with Gasteiger partial charge in [-0.3, -0.25) is 9.20 Å². The summed E-state index contributed by atoms with van der Waals surface area (Å²) in [6.45, 7) is 4.37. The number of hydrogen-bond acceptors (Lipinski definition) is 3. The number of hydrogen-bond donors (Lipinski definition) is 1. The third-order valence-electron chi connectivity index (χ3n) is 4.47. The third kappa shape index (κ3) is 3.24. The van der Waals surface area contributed by atoms with Gasteiger partial charge in [0.25, 0.3) is 5.56 Å². The van der Waals surface area contributed by atoms with Gasteiger partial charge in [0.1, 0.15) is 5.56 Å². The van der Waals surface area contributed by atoms with E-state index in [0.717, 1.165) is 24.8 Å². The number of aryl methyl sites for hydroxylation is 1. The molecule has 1 aromatic carbocycles. The van der Waals surface area contributed by atoms with Crippen LogP contribution in [-0.4, -0.2) is 25.0 Å². The van der Waals surface area contributed by atoms with Gasteiger partial charge < -0.3 is 9.67 Å². The first-order chi connectivity index (χ1) is 12.4. The predicted molar refractivity (Wildman–Crippen MR) is 101 cm³/mol. The van der Waals surface area contributed by atoms with Crippen molar-refractivity contribution in [1.82, 2.24) is 14.0 Å². The topological polar surface area (TPSA) is 76.6 Å². The highest BCUT2D eigenvalue weighted by molar-refractivity contribution is 6.30. The van der Waals surface area contributed by atoms with Gasteiger partial charge in [0.15, 0.2) is 0 Å². The van der Waals surface area contributed by atoms with Crippen LogP contribution < -0.4 is 5.56 Å². The fourth-order valence-electron chi connectivity index (χ4n) is 3.06. The fraction of sp³-hybridized carbons (Fsp3) is 0.316. The summed E-state index contributed by atoms with van der Waals surface area (Å²) < 4.78 is 3.15. The number of unbranched alkanes of at least 4 members (excludes halogenated alkanes) is 2. The van der Waals surface area contributed by atoms with Gasteiger partial charge in [-0.05, 0) is 25.5 Å². The van der Waals surface area contributed by atoms with E-state index in [9.17, 15) is 14.7 Å². The van der Waals surface area contributed by atoms with Gasteiger partial charge in [-0.2, -0.15) is 0 Å². The molecule has 0 unspecified atom stereocenters. The second-order valence-corrected chi connectivity index (χ2v) is 6.67. The normalized spacial score (nSPS) is 11.2. The van der Waals surface area contributed by atoms with Crippen LogP contribution in [0.1, 0.15) is 42.2 Å². The van der Waals surface area contributed by atoms with Crippen LogP contribution in [0.5, 0.6) is 0 Å². The molecule has 3 aromatic rings. The summed E-state index contributed by atoms with van der Waals surface area (Å²) in [5, 5.41) is 10.1. The number of carboxylic acid groups (broad SMARTS) is 1. The molecule has 2 heterocycles. The number of aromatic nitrogens is 3. The van der Waals surface area contributed by atoms with E-state index in [1.807, 2.05) is 16.7 Å². The van der Waals surface area contributed by atoms with Crippen LogP contribution in [0.25, 0.3) is 17.0 Å². The molecule has 0 bridgehead atoms. The minimum Gasteiger partial charge on any atom is -0.477 e. The first-order valence-electron chi connectivity index (χ1n) is 8.55. The molecule has 136 valence electrons. The average Bonchev–Trinajstić information content (AvgIpc) is 3.04. The molecule has 1 N–H and O–H groups in total. The summed E-state index contributed by atoms with van der Waals surface area (Å²) in [6, 6.07) is 7.15. The Bertz CT molecular complexity index is 1020. The zero-order valence-corrected chi connectivity index (χ0v) is 15.5. The molecule has 0 fully saturated rings. The molecule has 0 aliphatic carbocycles. The van der Waals surface area contributed by atoms with E-state index in [0.29, 0.717) is 28.7 Å². The Morgan fingerprint density at radius 2 is 1.92 bits per heavy atom. The molecule has 0 radical (unpaired) electrons. The van der Waals surface area contributed by atoms with E-state index in [-0.39, 0.29) is 5.56 Å². The second-order valence-electron chi connectivity index (χ2n) is 6.23. The van der Waals surface area contributed by atoms with E-state index in [4.69, 9.17) is 11.6 Å². The quantitative estimate of drug-likeness (QED) is 0.662. The Balaban J connectivity index is 2.23. The van der Waals surface area contributed by atoms with Gasteiger partial charge in [-0.15, -0.1) is 0 Å². The van der Waals surface area contributed by atoms with Gasteiger partial charge >= 0.3 is 5.97 Å². The maximum atomic E-state index is 12.7. The number of rotatable bonds is 6. The van der Waals surface area contributed by atoms with Crippen molar-refractivity contribution >= 4 is 23.3 Å². The van der Waals surface area contributed by atoms with Crippen LogP contribution >= 0.6 is 11.6 Å². The molecular formula is C19H20ClN3O3. The van der Waals surface area contributed by atoms with Crippen LogP contribution in [0.3, 0.4) is 0 Å². The lowest BCUT2D eigenvalue weighted by Gasteiger charge is -2.14. The first kappa shape index (κ1) is 18.2. The zero-order chi connectivity index (χ0) is 18.8. The molecule has 0 spiro atoms. The molecule has 0 saturated heterocycles. The largest absolute Gasteiger partial charge is 0.477 e. The minimum atomic E-state index is -1.22. The number of carboxylic acids is 1. The van der Waals surface area contributed by atoms with Gasteiger partial charge in [-0.1, -0.05) is 43.5 Å². The van der Waals surface area contributed by atoms with Gasteiger partial charge in [-0.25, -0.2) is 9.78 Å². The molecule has 0 atom stereocenters. The highest BCUT2D eigenvalue weighted by Gasteiger charge is 2.21. The Morgan fingerprint density at radius 1 is 1.23 bits per heavy atom. The molecule has 2 aromatic heterocycles. The van der Waals surface area contributed by atoms with Crippen molar-refractivity contribution in [2.24, 2.45) is 0 Å². The van der Waals surface area contributed by atoms with E-state index in [2.05, 4.69) is 11.9 Å². The van der Waals surface area contributed by atoms with Crippen molar-refractivity contribution in [3.05, 3.63) is 57.1 Å². The standard InChI is InChI=1S/C19H20ClN3O3/c1-3-4-5-10-22-12(2)16(18(25)26)17(24)23-11-15(21-19(22)23)13-6-8-14(20)9-7-13/h6-9,11H,3-5,10H2,1-2H3,(H,25,26). The molecule has 6 nitrogen and oxygen atoms in total. The second kappa shape index (κ2) is 7.33. The van der Waals surface area contributed by atoms with Gasteiger partial charge in [0, 0.05) is 29.0 Å². The fourth-order valence-corrected chi connectivity index (χ4v) is 3.19. The van der Waals surface area contributed by atoms with Crippen LogP contribution in [0.2, 0.25) is 5.02 Å². The molecular weight excluding hydrogens is 354 g/mol. The number of imidazole rings is 1. The third-order valence-corrected chi connectivity index (χ3v) is 4.72. The van der Waals surface area contributed by atoms with Crippen LogP contribution in [-0.2, 0) is 6.54 Å². The maximum Gasteiger partial charge on any atom is 0.343 e. The molecule has 26 heavy (non-hydrogen) atoms. The molecule has 0 aliphatic heterocycles. The van der Waals surface area contributed by atoms with Crippen molar-refractivity contribution < 1.29 is 9.90 Å². The number of halogens is 1. The van der Waals surface area contributed by atoms with Crippen molar-refractivity contribution in [1.29, 1.82) is 0 Å². The highest BCUT2D eigenvalue weighted by Crippen LogP contribution is 2.22. The summed E-state index contributed by atoms with van der Waals surface area (Å²) in [7, 11) is 0. The summed E-state index contributed by atoms with van der Waals surface area (Å²) in [5.41, 5.74) is 1.06. The summed E-state index contributed by atoms with van der Waals surface area (Å²) >= 11 is 5.93. The predicted octanol–water partition coefficient (Wildman–Crippen LogP) is 4.01. The van der Waals surface area contributed by atoms with Crippen molar-refractivity contribution in [2.75, 3.05) is 0 Å². The molecule has 0 saturated carbocycles. The van der Waals surface area contributed by atoms with Gasteiger partial charge in [0.05, 0.1) is 5.69 Å². The summed E-state index contributed by atoms with van der Waals surface area (Å²) in [6.07, 6.45) is 4.54. The first-order valence-corrected chi connectivity index (χ1v) is 8.93. The number of carbonyl (C=O) groups is 1. The average molecular weight is 374 g/mol. The summed E-state index contributed by atoms with van der Waals surface area (Å²) in [4.78, 5) is 28.9. The smallest absolute Gasteiger partial charge is 0.343 e. The SMILES string of the molecule is CCCCCn1c(C)c(C(=O)O)c(=O)n2cc(-c3ccc(Cl)cc3)nc12.